The van der Waals surface area contributed by atoms with E-state index in [2.05, 4.69) is 59.9 Å². The highest BCUT2D eigenvalue weighted by atomic mass is 14.9. The van der Waals surface area contributed by atoms with Crippen LogP contribution < -0.4 is 5.32 Å². The van der Waals surface area contributed by atoms with Gasteiger partial charge in [0.05, 0.1) is 0 Å². The van der Waals surface area contributed by atoms with E-state index in [0.29, 0.717) is 6.04 Å². The predicted molar refractivity (Wildman–Crippen MR) is 86.0 cm³/mol. The first kappa shape index (κ1) is 11.9. The van der Waals surface area contributed by atoms with Gasteiger partial charge in [-0.2, -0.15) is 0 Å². The molecule has 3 aromatic carbocycles. The Bertz CT molecular complexity index is 700. The number of fused-ring (bicyclic) bond motifs is 2. The topological polar surface area (TPSA) is 12.0 Å². The maximum atomic E-state index is 3.72. The van der Waals surface area contributed by atoms with Crippen LogP contribution in [0.3, 0.4) is 0 Å². The van der Waals surface area contributed by atoms with Gasteiger partial charge in [0.15, 0.2) is 0 Å². The molecule has 4 rings (SSSR count). The van der Waals surface area contributed by atoms with Gasteiger partial charge in [-0.1, -0.05) is 55.0 Å². The van der Waals surface area contributed by atoms with Gasteiger partial charge in [0.2, 0.25) is 0 Å². The molecule has 1 heteroatoms. The smallest absolute Gasteiger partial charge is 0.0332 e. The van der Waals surface area contributed by atoms with E-state index in [-0.39, 0.29) is 0 Å². The van der Waals surface area contributed by atoms with Crippen molar-refractivity contribution in [1.82, 2.24) is 5.32 Å². The zero-order valence-corrected chi connectivity index (χ0v) is 11.6. The average molecular weight is 261 g/mol. The fourth-order valence-electron chi connectivity index (χ4n) is 3.52. The molecule has 1 aliphatic heterocycles. The lowest BCUT2D eigenvalue weighted by Crippen LogP contribution is -2.27. The highest BCUT2D eigenvalue weighted by Crippen LogP contribution is 2.35. The Hall–Kier alpha value is -1.86. The van der Waals surface area contributed by atoms with Gasteiger partial charge in [-0.15, -0.1) is 0 Å². The summed E-state index contributed by atoms with van der Waals surface area (Å²) in [6, 6.07) is 20.4. The van der Waals surface area contributed by atoms with E-state index in [9.17, 15) is 0 Å². The van der Waals surface area contributed by atoms with E-state index in [0.717, 1.165) is 6.54 Å². The maximum absolute atomic E-state index is 3.72. The standard InChI is InChI=1S/C19H19N/c1-3-9-16-14(7-1)13-15-8-2-4-10-17(15)19(16)18-11-5-6-12-20-18/h1-4,7-10,13,18,20H,5-6,11-12H2/t18-/m1/s1. The SMILES string of the molecule is c1ccc2c([C@H]3CCCCN3)c3ccccc3cc2c1. The molecular formula is C19H19N. The third kappa shape index (κ3) is 1.90. The summed E-state index contributed by atoms with van der Waals surface area (Å²) in [4.78, 5) is 0. The predicted octanol–water partition coefficient (Wildman–Crippen LogP) is 4.81. The summed E-state index contributed by atoms with van der Waals surface area (Å²) >= 11 is 0. The first-order chi connectivity index (χ1) is 9.93. The molecule has 0 amide bonds. The fourth-order valence-corrected chi connectivity index (χ4v) is 3.52. The molecule has 0 unspecified atom stereocenters. The van der Waals surface area contributed by atoms with E-state index >= 15 is 0 Å². The summed E-state index contributed by atoms with van der Waals surface area (Å²) < 4.78 is 0. The molecule has 1 fully saturated rings. The van der Waals surface area contributed by atoms with Gasteiger partial charge < -0.3 is 5.32 Å². The maximum Gasteiger partial charge on any atom is 0.0332 e. The molecule has 0 spiro atoms. The third-order valence-electron chi connectivity index (χ3n) is 4.47. The van der Waals surface area contributed by atoms with Gasteiger partial charge in [0, 0.05) is 6.04 Å². The van der Waals surface area contributed by atoms with E-state index in [4.69, 9.17) is 0 Å². The van der Waals surface area contributed by atoms with Crippen LogP contribution in [0.5, 0.6) is 0 Å². The molecule has 3 aromatic rings. The second-order valence-electron chi connectivity index (χ2n) is 5.74. The number of hydrogen-bond acceptors (Lipinski definition) is 1. The Kier molecular flexibility index (Phi) is 2.93. The van der Waals surface area contributed by atoms with Gasteiger partial charge in [-0.3, -0.25) is 0 Å². The Labute approximate surface area is 119 Å². The van der Waals surface area contributed by atoms with Crippen LogP contribution in [0.4, 0.5) is 0 Å². The highest BCUT2D eigenvalue weighted by Gasteiger charge is 2.19. The molecule has 1 aliphatic rings. The quantitative estimate of drug-likeness (QED) is 0.620. The summed E-state index contributed by atoms with van der Waals surface area (Å²) in [7, 11) is 0. The number of piperidine rings is 1. The molecular weight excluding hydrogens is 242 g/mol. The number of nitrogens with one attached hydrogen (secondary N) is 1. The molecule has 0 radical (unpaired) electrons. The van der Waals surface area contributed by atoms with Crippen molar-refractivity contribution in [3.8, 4) is 0 Å². The number of benzene rings is 3. The third-order valence-corrected chi connectivity index (χ3v) is 4.47. The zero-order chi connectivity index (χ0) is 13.4. The van der Waals surface area contributed by atoms with Crippen LogP contribution in [0.1, 0.15) is 30.9 Å². The highest BCUT2D eigenvalue weighted by molar-refractivity contribution is 6.02. The Morgan fingerprint density at radius 3 is 2.05 bits per heavy atom. The van der Waals surface area contributed by atoms with E-state index < -0.39 is 0 Å². The van der Waals surface area contributed by atoms with E-state index in [1.165, 1.54) is 46.4 Å². The van der Waals surface area contributed by atoms with Gasteiger partial charge in [0.1, 0.15) is 0 Å². The molecule has 1 N–H and O–H groups in total. The van der Waals surface area contributed by atoms with Gasteiger partial charge in [0.25, 0.3) is 0 Å². The fraction of sp³-hybridized carbons (Fsp3) is 0.263. The van der Waals surface area contributed by atoms with Crippen molar-refractivity contribution in [3.05, 3.63) is 60.2 Å². The molecule has 100 valence electrons. The molecule has 1 saturated heterocycles. The normalized spacial score (nSPS) is 19.5. The lowest BCUT2D eigenvalue weighted by atomic mass is 9.88. The lowest BCUT2D eigenvalue weighted by molar-refractivity contribution is 0.416. The van der Waals surface area contributed by atoms with Crippen molar-refractivity contribution in [2.75, 3.05) is 6.54 Å². The first-order valence-corrected chi connectivity index (χ1v) is 7.57. The summed E-state index contributed by atoms with van der Waals surface area (Å²) in [6.45, 7) is 1.14. The minimum Gasteiger partial charge on any atom is -0.310 e. The van der Waals surface area contributed by atoms with Crippen LogP contribution in [-0.2, 0) is 0 Å². The van der Waals surface area contributed by atoms with E-state index in [1.807, 2.05) is 0 Å². The average Bonchev–Trinajstić information content (AvgIpc) is 2.53. The number of hydrogen-bond donors (Lipinski definition) is 1. The molecule has 1 heterocycles. The zero-order valence-electron chi connectivity index (χ0n) is 11.6. The van der Waals surface area contributed by atoms with Crippen LogP contribution in [0.25, 0.3) is 21.5 Å². The second-order valence-corrected chi connectivity index (χ2v) is 5.74. The summed E-state index contributed by atoms with van der Waals surface area (Å²) in [5, 5.41) is 9.25. The van der Waals surface area contributed by atoms with Crippen LogP contribution in [0.2, 0.25) is 0 Å². The van der Waals surface area contributed by atoms with Crippen LogP contribution in [0, 0.1) is 0 Å². The minimum absolute atomic E-state index is 0.500. The van der Waals surface area contributed by atoms with Crippen molar-refractivity contribution in [2.24, 2.45) is 0 Å². The molecule has 20 heavy (non-hydrogen) atoms. The Balaban J connectivity index is 2.06. The van der Waals surface area contributed by atoms with Crippen molar-refractivity contribution in [1.29, 1.82) is 0 Å². The summed E-state index contributed by atoms with van der Waals surface area (Å²) in [5.41, 5.74) is 1.50. The van der Waals surface area contributed by atoms with Crippen molar-refractivity contribution >= 4 is 21.5 Å². The van der Waals surface area contributed by atoms with Crippen molar-refractivity contribution < 1.29 is 0 Å². The summed E-state index contributed by atoms with van der Waals surface area (Å²) in [5.74, 6) is 0. The molecule has 0 saturated carbocycles. The van der Waals surface area contributed by atoms with Gasteiger partial charge in [-0.25, -0.2) is 0 Å². The van der Waals surface area contributed by atoms with Crippen LogP contribution in [-0.4, -0.2) is 6.54 Å². The molecule has 0 aliphatic carbocycles. The largest absolute Gasteiger partial charge is 0.310 e. The minimum atomic E-state index is 0.500. The molecule has 0 bridgehead atoms. The molecule has 1 atom stereocenters. The Morgan fingerprint density at radius 1 is 0.800 bits per heavy atom. The number of rotatable bonds is 1. The van der Waals surface area contributed by atoms with Gasteiger partial charge >= 0.3 is 0 Å². The van der Waals surface area contributed by atoms with E-state index in [1.54, 1.807) is 0 Å². The first-order valence-electron chi connectivity index (χ1n) is 7.57. The van der Waals surface area contributed by atoms with Crippen LogP contribution >= 0.6 is 0 Å². The molecule has 0 aromatic heterocycles. The van der Waals surface area contributed by atoms with Crippen LogP contribution in [0.15, 0.2) is 54.6 Å². The monoisotopic (exact) mass is 261 g/mol. The summed E-state index contributed by atoms with van der Waals surface area (Å²) in [6.07, 6.45) is 3.88. The van der Waals surface area contributed by atoms with Crippen molar-refractivity contribution in [2.45, 2.75) is 25.3 Å². The Morgan fingerprint density at radius 2 is 1.45 bits per heavy atom. The van der Waals surface area contributed by atoms with Crippen molar-refractivity contribution in [3.63, 3.8) is 0 Å². The lowest BCUT2D eigenvalue weighted by Gasteiger charge is -2.26. The van der Waals surface area contributed by atoms with Gasteiger partial charge in [-0.05, 0) is 52.6 Å². The second kappa shape index (κ2) is 4.92. The molecule has 1 nitrogen and oxygen atoms in total.